The normalized spacial score (nSPS) is 15.1. The van der Waals surface area contributed by atoms with Gasteiger partial charge in [0.1, 0.15) is 0 Å². The highest BCUT2D eigenvalue weighted by Crippen LogP contribution is 2.24. The molecule has 3 atom stereocenters. The maximum atomic E-state index is 11.9. The van der Waals surface area contributed by atoms with E-state index in [1.807, 2.05) is 31.2 Å². The summed E-state index contributed by atoms with van der Waals surface area (Å²) in [6, 6.07) is 7.35. The van der Waals surface area contributed by atoms with Crippen molar-refractivity contribution in [2.24, 2.45) is 5.73 Å². The van der Waals surface area contributed by atoms with Gasteiger partial charge >= 0.3 is 0 Å². The molecule has 0 spiro atoms. The Balaban J connectivity index is 0.00000324. The summed E-state index contributed by atoms with van der Waals surface area (Å²) >= 11 is 5.87. The third-order valence-electron chi connectivity index (χ3n) is 3.47. The molecule has 2 N–H and O–H groups in total. The molecule has 1 amide bonds. The second-order valence-corrected chi connectivity index (χ2v) is 5.26. The molecule has 3 nitrogen and oxygen atoms in total. The van der Waals surface area contributed by atoms with Gasteiger partial charge in [-0.1, -0.05) is 30.7 Å². The number of nitrogens with zero attached hydrogens (tertiary/aromatic N) is 1. The topological polar surface area (TPSA) is 46.3 Å². The van der Waals surface area contributed by atoms with Crippen LogP contribution in [0.2, 0.25) is 5.02 Å². The molecule has 1 aromatic rings. The van der Waals surface area contributed by atoms with Crippen LogP contribution in [0.4, 0.5) is 0 Å². The van der Waals surface area contributed by atoms with Gasteiger partial charge in [0.25, 0.3) is 0 Å². The van der Waals surface area contributed by atoms with Crippen LogP contribution in [-0.2, 0) is 4.79 Å². The summed E-state index contributed by atoms with van der Waals surface area (Å²) in [5.74, 6) is 0.193. The van der Waals surface area contributed by atoms with Gasteiger partial charge in [0.05, 0.1) is 6.04 Å². The molecule has 0 aromatic heterocycles. The van der Waals surface area contributed by atoms with Crippen LogP contribution < -0.4 is 5.73 Å². The van der Waals surface area contributed by atoms with Crippen LogP contribution in [0.1, 0.15) is 32.3 Å². The van der Waals surface area contributed by atoms with Crippen LogP contribution in [-0.4, -0.2) is 29.9 Å². The molecule has 0 saturated heterocycles. The van der Waals surface area contributed by atoms with E-state index in [4.69, 9.17) is 17.3 Å². The van der Waals surface area contributed by atoms with E-state index < -0.39 is 6.04 Å². The number of carbonyl (C=O) groups excluding carboxylic acids is 1. The van der Waals surface area contributed by atoms with Crippen molar-refractivity contribution in [2.75, 3.05) is 7.05 Å². The Labute approximate surface area is 126 Å². The first-order valence-corrected chi connectivity index (χ1v) is 6.50. The van der Waals surface area contributed by atoms with E-state index in [-0.39, 0.29) is 30.3 Å². The number of rotatable bonds is 4. The average Bonchev–Trinajstić information content (AvgIpc) is 2.36. The van der Waals surface area contributed by atoms with E-state index in [1.165, 1.54) is 0 Å². The highest BCUT2D eigenvalue weighted by molar-refractivity contribution is 6.30. The molecule has 0 aliphatic carbocycles. The second-order valence-electron chi connectivity index (χ2n) is 4.82. The Morgan fingerprint density at radius 2 is 1.68 bits per heavy atom. The molecule has 0 radical (unpaired) electrons. The molecule has 0 heterocycles. The highest BCUT2D eigenvalue weighted by Gasteiger charge is 2.24. The van der Waals surface area contributed by atoms with Gasteiger partial charge in [-0.05, 0) is 31.5 Å². The van der Waals surface area contributed by atoms with Crippen molar-refractivity contribution < 1.29 is 4.79 Å². The lowest BCUT2D eigenvalue weighted by atomic mass is 9.93. The molecule has 1 aromatic carbocycles. The van der Waals surface area contributed by atoms with Gasteiger partial charge in [-0.3, -0.25) is 4.79 Å². The molecule has 0 saturated carbocycles. The van der Waals surface area contributed by atoms with Crippen LogP contribution >= 0.6 is 24.0 Å². The summed E-state index contributed by atoms with van der Waals surface area (Å²) in [5, 5.41) is 0.721. The van der Waals surface area contributed by atoms with Crippen LogP contribution in [0.25, 0.3) is 0 Å². The number of halogens is 2. The summed E-state index contributed by atoms with van der Waals surface area (Å²) in [7, 11) is 1.79. The molecule has 0 aliphatic rings. The molecule has 2 unspecified atom stereocenters. The van der Waals surface area contributed by atoms with Gasteiger partial charge in [-0.25, -0.2) is 0 Å². The van der Waals surface area contributed by atoms with E-state index in [9.17, 15) is 4.79 Å². The minimum Gasteiger partial charge on any atom is -0.341 e. The third-order valence-corrected chi connectivity index (χ3v) is 3.72. The first kappa shape index (κ1) is 18.2. The molecule has 19 heavy (non-hydrogen) atoms. The van der Waals surface area contributed by atoms with Gasteiger partial charge in [-0.15, -0.1) is 12.4 Å². The predicted molar refractivity (Wildman–Crippen MR) is 83.0 cm³/mol. The summed E-state index contributed by atoms with van der Waals surface area (Å²) in [6.45, 7) is 5.83. The summed E-state index contributed by atoms with van der Waals surface area (Å²) in [4.78, 5) is 13.6. The Morgan fingerprint density at radius 3 is 2.11 bits per heavy atom. The maximum Gasteiger partial charge on any atom is 0.239 e. The zero-order valence-corrected chi connectivity index (χ0v) is 13.3. The number of nitrogens with two attached hydrogens (primary N) is 1. The second kappa shape index (κ2) is 7.73. The fraction of sp³-hybridized carbons (Fsp3) is 0.500. The van der Waals surface area contributed by atoms with Crippen molar-refractivity contribution in [3.63, 3.8) is 0 Å². The van der Waals surface area contributed by atoms with Crippen LogP contribution in [0.15, 0.2) is 24.3 Å². The van der Waals surface area contributed by atoms with E-state index in [2.05, 4.69) is 6.92 Å². The van der Waals surface area contributed by atoms with Crippen molar-refractivity contribution in [1.82, 2.24) is 4.90 Å². The monoisotopic (exact) mass is 304 g/mol. The summed E-state index contributed by atoms with van der Waals surface area (Å²) in [5.41, 5.74) is 6.79. The smallest absolute Gasteiger partial charge is 0.239 e. The van der Waals surface area contributed by atoms with Crippen molar-refractivity contribution in [1.29, 1.82) is 0 Å². The number of hydrogen-bond donors (Lipinski definition) is 1. The van der Waals surface area contributed by atoms with E-state index in [0.29, 0.717) is 0 Å². The van der Waals surface area contributed by atoms with Crippen molar-refractivity contribution in [3.05, 3.63) is 34.9 Å². The lowest BCUT2D eigenvalue weighted by molar-refractivity contribution is -0.133. The van der Waals surface area contributed by atoms with E-state index in [1.54, 1.807) is 18.9 Å². The Hall–Kier alpha value is -0.770. The molecular formula is C14H22Cl2N2O. The van der Waals surface area contributed by atoms with E-state index in [0.717, 1.165) is 10.6 Å². The minimum absolute atomic E-state index is 0. The SMILES string of the molecule is CC(c1ccc(Cl)cc1)C(C)N(C)C(=O)[C@H](C)N.Cl. The summed E-state index contributed by atoms with van der Waals surface area (Å²) < 4.78 is 0. The zero-order valence-electron chi connectivity index (χ0n) is 11.8. The van der Waals surface area contributed by atoms with Crippen LogP contribution in [0.3, 0.4) is 0 Å². The highest BCUT2D eigenvalue weighted by atomic mass is 35.5. The molecular weight excluding hydrogens is 283 g/mol. The largest absolute Gasteiger partial charge is 0.341 e. The Kier molecular flexibility index (Phi) is 7.42. The summed E-state index contributed by atoms with van der Waals surface area (Å²) in [6.07, 6.45) is 0. The van der Waals surface area contributed by atoms with Gasteiger partial charge in [0.15, 0.2) is 0 Å². The number of amides is 1. The van der Waals surface area contributed by atoms with Crippen molar-refractivity contribution >= 4 is 29.9 Å². The molecule has 108 valence electrons. The molecule has 0 aliphatic heterocycles. The lowest BCUT2D eigenvalue weighted by Gasteiger charge is -2.31. The number of likely N-dealkylation sites (N-methyl/N-ethyl adjacent to an activating group) is 1. The van der Waals surface area contributed by atoms with Crippen molar-refractivity contribution in [2.45, 2.75) is 38.8 Å². The quantitative estimate of drug-likeness (QED) is 0.929. The first-order chi connectivity index (χ1) is 8.34. The Morgan fingerprint density at radius 1 is 1.21 bits per heavy atom. The van der Waals surface area contributed by atoms with Crippen LogP contribution in [0, 0.1) is 0 Å². The average molecular weight is 305 g/mol. The third kappa shape index (κ3) is 4.68. The maximum absolute atomic E-state index is 11.9. The molecule has 1 rings (SSSR count). The first-order valence-electron chi connectivity index (χ1n) is 6.12. The lowest BCUT2D eigenvalue weighted by Crippen LogP contribution is -2.45. The number of carbonyl (C=O) groups is 1. The van der Waals surface area contributed by atoms with Gasteiger partial charge < -0.3 is 10.6 Å². The number of hydrogen-bond acceptors (Lipinski definition) is 2. The number of benzene rings is 1. The molecule has 0 fully saturated rings. The molecule has 5 heteroatoms. The predicted octanol–water partition coefficient (Wildman–Crippen LogP) is 3.06. The van der Waals surface area contributed by atoms with Gasteiger partial charge in [-0.2, -0.15) is 0 Å². The zero-order chi connectivity index (χ0) is 13.9. The standard InChI is InChI=1S/C14H21ClN2O.ClH/c1-9(12-5-7-13(15)8-6-12)11(3)17(4)14(18)10(2)16;/h5-11H,16H2,1-4H3;1H/t9?,10-,11?;/m0./s1. The minimum atomic E-state index is -0.463. The van der Waals surface area contributed by atoms with Crippen molar-refractivity contribution in [3.8, 4) is 0 Å². The fourth-order valence-electron chi connectivity index (χ4n) is 1.90. The van der Waals surface area contributed by atoms with Crippen LogP contribution in [0.5, 0.6) is 0 Å². The Bertz CT molecular complexity index is 406. The fourth-order valence-corrected chi connectivity index (χ4v) is 2.03. The molecule has 0 bridgehead atoms. The van der Waals surface area contributed by atoms with Gasteiger partial charge in [0.2, 0.25) is 5.91 Å². The van der Waals surface area contributed by atoms with E-state index >= 15 is 0 Å². The van der Waals surface area contributed by atoms with Gasteiger partial charge in [0, 0.05) is 24.0 Å².